The third kappa shape index (κ3) is 4.91. The van der Waals surface area contributed by atoms with Crippen LogP contribution in [0.4, 0.5) is 0 Å². The molecule has 0 aliphatic carbocycles. The molecule has 1 N–H and O–H groups in total. The lowest BCUT2D eigenvalue weighted by Gasteiger charge is -2.31. The summed E-state index contributed by atoms with van der Waals surface area (Å²) < 4.78 is 0. The van der Waals surface area contributed by atoms with Gasteiger partial charge in [0, 0.05) is 60.9 Å². The zero-order valence-corrected chi connectivity index (χ0v) is 17.5. The molecule has 3 aromatic rings. The topological polar surface area (TPSA) is 75.2 Å². The van der Waals surface area contributed by atoms with Crippen LogP contribution in [0.15, 0.2) is 60.2 Å². The first-order valence-electron chi connectivity index (χ1n) is 10.2. The second-order valence-electron chi connectivity index (χ2n) is 7.35. The maximum Gasteiger partial charge on any atom is 0.253 e. The highest BCUT2D eigenvalue weighted by atomic mass is 32.1. The monoisotopic (exact) mass is 420 g/mol. The third-order valence-electron chi connectivity index (χ3n) is 5.33. The first-order chi connectivity index (χ1) is 14.7. The maximum atomic E-state index is 12.5. The van der Waals surface area contributed by atoms with Gasteiger partial charge < -0.3 is 10.2 Å². The van der Waals surface area contributed by atoms with Crippen molar-refractivity contribution in [2.24, 2.45) is 5.92 Å². The zero-order valence-electron chi connectivity index (χ0n) is 16.7. The lowest BCUT2D eigenvalue weighted by atomic mass is 9.95. The third-order valence-corrected chi connectivity index (χ3v) is 6.27. The van der Waals surface area contributed by atoms with Crippen LogP contribution in [-0.2, 0) is 11.2 Å². The number of nitrogens with zero attached hydrogens (tertiary/aromatic N) is 3. The van der Waals surface area contributed by atoms with Crippen LogP contribution < -0.4 is 5.32 Å². The summed E-state index contributed by atoms with van der Waals surface area (Å²) in [5, 5.41) is 6.10. The van der Waals surface area contributed by atoms with Crippen LogP contribution in [0.2, 0.25) is 0 Å². The fourth-order valence-electron chi connectivity index (χ4n) is 3.62. The number of carbonyl (C=O) groups is 2. The van der Waals surface area contributed by atoms with Gasteiger partial charge in [-0.3, -0.25) is 14.6 Å². The van der Waals surface area contributed by atoms with Crippen molar-refractivity contribution in [1.82, 2.24) is 20.2 Å². The fourth-order valence-corrected chi connectivity index (χ4v) is 4.48. The highest BCUT2D eigenvalue weighted by Gasteiger charge is 2.27. The minimum Gasteiger partial charge on any atom is -0.355 e. The Balaban J connectivity index is 1.21. The molecule has 6 nitrogen and oxygen atoms in total. The first-order valence-corrected chi connectivity index (χ1v) is 11.1. The summed E-state index contributed by atoms with van der Waals surface area (Å²) in [6, 6.07) is 13.6. The van der Waals surface area contributed by atoms with Gasteiger partial charge in [-0.25, -0.2) is 4.98 Å². The number of pyridine rings is 1. The Bertz CT molecular complexity index is 983. The normalized spacial score (nSPS) is 14.5. The van der Waals surface area contributed by atoms with Gasteiger partial charge in [0.15, 0.2) is 0 Å². The first kappa shape index (κ1) is 20.2. The summed E-state index contributed by atoms with van der Waals surface area (Å²) in [4.78, 5) is 35.5. The minimum absolute atomic E-state index is 0.00834. The van der Waals surface area contributed by atoms with E-state index in [-0.39, 0.29) is 17.7 Å². The van der Waals surface area contributed by atoms with E-state index in [9.17, 15) is 9.59 Å². The minimum atomic E-state index is -0.0400. The maximum absolute atomic E-state index is 12.5. The summed E-state index contributed by atoms with van der Waals surface area (Å²) in [5.41, 5.74) is 2.76. The second-order valence-corrected chi connectivity index (χ2v) is 8.21. The van der Waals surface area contributed by atoms with E-state index in [0.717, 1.165) is 16.3 Å². The molecule has 0 unspecified atom stereocenters. The number of hydrogen-bond donors (Lipinski definition) is 1. The average molecular weight is 421 g/mol. The number of piperidine rings is 1. The average Bonchev–Trinajstić information content (AvgIpc) is 3.29. The molecule has 1 aromatic carbocycles. The molecule has 1 fully saturated rings. The number of nitrogens with one attached hydrogen (secondary N) is 1. The summed E-state index contributed by atoms with van der Waals surface area (Å²) in [5.74, 6) is 0.0420. The van der Waals surface area contributed by atoms with Gasteiger partial charge in [-0.1, -0.05) is 30.3 Å². The number of benzene rings is 1. The van der Waals surface area contributed by atoms with E-state index in [1.54, 1.807) is 35.9 Å². The number of carbonyl (C=O) groups excluding carboxylic acids is 2. The van der Waals surface area contributed by atoms with Gasteiger partial charge in [0.2, 0.25) is 5.91 Å². The molecule has 4 rings (SSSR count). The summed E-state index contributed by atoms with van der Waals surface area (Å²) in [7, 11) is 0. The molecule has 7 heteroatoms. The largest absolute Gasteiger partial charge is 0.355 e. The van der Waals surface area contributed by atoms with Crippen LogP contribution in [0.3, 0.4) is 0 Å². The van der Waals surface area contributed by atoms with Crippen LogP contribution in [-0.4, -0.2) is 46.3 Å². The van der Waals surface area contributed by atoms with E-state index >= 15 is 0 Å². The molecule has 0 radical (unpaired) electrons. The van der Waals surface area contributed by atoms with Crippen LogP contribution in [0.5, 0.6) is 0 Å². The van der Waals surface area contributed by atoms with Gasteiger partial charge in [-0.2, -0.15) is 0 Å². The van der Waals surface area contributed by atoms with E-state index in [4.69, 9.17) is 0 Å². The number of aromatic nitrogens is 2. The summed E-state index contributed by atoms with van der Waals surface area (Å²) in [6.45, 7) is 1.78. The SMILES string of the molecule is O=C(NCCc1csc(-c2ccccc2)n1)C1CCN(C(=O)c2ccncc2)CC1. The standard InChI is InChI=1S/C23H24N4O2S/c28-21(17-9-14-27(15-10-17)23(29)19-6-11-24-12-7-19)25-13-8-20-16-30-22(26-20)18-4-2-1-3-5-18/h1-7,11-12,16-17H,8-10,13-15H2,(H,25,28). The molecular formula is C23H24N4O2S. The van der Waals surface area contributed by atoms with Crippen LogP contribution in [0.1, 0.15) is 28.9 Å². The van der Waals surface area contributed by atoms with E-state index in [0.29, 0.717) is 44.5 Å². The molecule has 0 saturated carbocycles. The van der Waals surface area contributed by atoms with Crippen molar-refractivity contribution < 1.29 is 9.59 Å². The van der Waals surface area contributed by atoms with Gasteiger partial charge in [-0.05, 0) is 25.0 Å². The lowest BCUT2D eigenvalue weighted by Crippen LogP contribution is -2.43. The predicted octanol–water partition coefficient (Wildman–Crippen LogP) is 3.42. The highest BCUT2D eigenvalue weighted by Crippen LogP contribution is 2.23. The molecule has 30 heavy (non-hydrogen) atoms. The van der Waals surface area contributed by atoms with Crippen LogP contribution in [0.25, 0.3) is 10.6 Å². The molecule has 3 heterocycles. The molecule has 1 aliphatic rings. The van der Waals surface area contributed by atoms with E-state index in [2.05, 4.69) is 32.8 Å². The fraction of sp³-hybridized carbons (Fsp3) is 0.304. The van der Waals surface area contributed by atoms with Gasteiger partial charge >= 0.3 is 0 Å². The van der Waals surface area contributed by atoms with Crippen molar-refractivity contribution in [3.63, 3.8) is 0 Å². The highest BCUT2D eigenvalue weighted by molar-refractivity contribution is 7.13. The van der Waals surface area contributed by atoms with E-state index in [1.807, 2.05) is 23.1 Å². The molecule has 2 aromatic heterocycles. The Hall–Kier alpha value is -3.06. The Morgan fingerprint density at radius 3 is 2.53 bits per heavy atom. The molecule has 154 valence electrons. The summed E-state index contributed by atoms with van der Waals surface area (Å²) in [6.07, 6.45) is 5.35. The number of thiazole rings is 1. The van der Waals surface area contributed by atoms with E-state index in [1.165, 1.54) is 0 Å². The van der Waals surface area contributed by atoms with Gasteiger partial charge in [0.1, 0.15) is 5.01 Å². The molecule has 1 saturated heterocycles. The van der Waals surface area contributed by atoms with Gasteiger partial charge in [-0.15, -0.1) is 11.3 Å². The van der Waals surface area contributed by atoms with Crippen molar-refractivity contribution >= 4 is 23.2 Å². The molecule has 1 aliphatic heterocycles. The Morgan fingerprint density at radius 2 is 1.80 bits per heavy atom. The second kappa shape index (κ2) is 9.63. The zero-order chi connectivity index (χ0) is 20.8. The van der Waals surface area contributed by atoms with Crippen molar-refractivity contribution in [2.45, 2.75) is 19.3 Å². The molecule has 0 bridgehead atoms. The van der Waals surface area contributed by atoms with Crippen molar-refractivity contribution in [3.8, 4) is 10.6 Å². The van der Waals surface area contributed by atoms with E-state index < -0.39 is 0 Å². The smallest absolute Gasteiger partial charge is 0.253 e. The van der Waals surface area contributed by atoms with Gasteiger partial charge in [0.25, 0.3) is 5.91 Å². The molecular weight excluding hydrogens is 396 g/mol. The Kier molecular flexibility index (Phi) is 6.49. The number of amides is 2. The van der Waals surface area contributed by atoms with Crippen molar-refractivity contribution in [1.29, 1.82) is 0 Å². The molecule has 2 amide bonds. The molecule has 0 atom stereocenters. The van der Waals surface area contributed by atoms with Crippen LogP contribution in [0, 0.1) is 5.92 Å². The quantitative estimate of drug-likeness (QED) is 0.663. The number of hydrogen-bond acceptors (Lipinski definition) is 5. The summed E-state index contributed by atoms with van der Waals surface area (Å²) >= 11 is 1.63. The number of rotatable bonds is 6. The van der Waals surface area contributed by atoms with Crippen LogP contribution >= 0.6 is 11.3 Å². The van der Waals surface area contributed by atoms with Crippen molar-refractivity contribution in [3.05, 3.63) is 71.5 Å². The number of likely N-dealkylation sites (tertiary alicyclic amines) is 1. The Morgan fingerprint density at radius 1 is 1.07 bits per heavy atom. The lowest BCUT2D eigenvalue weighted by molar-refractivity contribution is -0.126. The predicted molar refractivity (Wildman–Crippen MR) is 117 cm³/mol. The Labute approximate surface area is 180 Å². The van der Waals surface area contributed by atoms with Crippen molar-refractivity contribution in [2.75, 3.05) is 19.6 Å². The van der Waals surface area contributed by atoms with Gasteiger partial charge in [0.05, 0.1) is 5.69 Å². The molecule has 0 spiro atoms.